The predicted octanol–water partition coefficient (Wildman–Crippen LogP) is 10.3. The molecule has 0 amide bonds. The molecule has 0 aliphatic heterocycles. The van der Waals surface area contributed by atoms with E-state index < -0.39 is 12.7 Å². The maximum Gasteiger partial charge on any atom is 0.129 e. The summed E-state index contributed by atoms with van der Waals surface area (Å²) in [6, 6.07) is 29.8. The van der Waals surface area contributed by atoms with Crippen LogP contribution in [0.15, 0.2) is 89.6 Å². The van der Waals surface area contributed by atoms with Crippen LogP contribution in [-0.4, -0.2) is 9.97 Å². The zero-order chi connectivity index (χ0) is 31.2. The van der Waals surface area contributed by atoms with Crippen LogP contribution < -0.4 is 0 Å². The molecule has 0 saturated heterocycles. The van der Waals surface area contributed by atoms with Crippen LogP contribution in [0.2, 0.25) is 0 Å². The fourth-order valence-corrected chi connectivity index (χ4v) is 5.98. The molecule has 0 aliphatic carbocycles. The minimum absolute atomic E-state index is 0. The van der Waals surface area contributed by atoms with Crippen molar-refractivity contribution in [1.29, 1.82) is 0 Å². The van der Waals surface area contributed by atoms with Crippen LogP contribution in [0.3, 0.4) is 0 Å². The van der Waals surface area contributed by atoms with Crippen molar-refractivity contribution in [3.05, 3.63) is 119 Å². The Bertz CT molecular complexity index is 2080. The molecule has 0 spiro atoms. The molecule has 1 radical (unpaired) electrons. The number of rotatable bonds is 3. The normalized spacial score (nSPS) is 13.1. The third-order valence-corrected chi connectivity index (χ3v) is 8.25. The Hall–Kier alpha value is -3.63. The van der Waals surface area contributed by atoms with Crippen LogP contribution >= 0.6 is 11.3 Å². The van der Waals surface area contributed by atoms with Crippen LogP contribution in [0, 0.1) is 32.8 Å². The molecule has 41 heavy (non-hydrogen) atoms. The first-order valence-corrected chi connectivity index (χ1v) is 13.9. The van der Waals surface area contributed by atoms with Crippen molar-refractivity contribution < 1.29 is 30.0 Å². The van der Waals surface area contributed by atoms with Crippen molar-refractivity contribution in [3.63, 3.8) is 0 Å². The van der Waals surface area contributed by atoms with E-state index in [1.165, 1.54) is 21.3 Å². The molecule has 7 rings (SSSR count). The van der Waals surface area contributed by atoms with Gasteiger partial charge < -0.3 is 14.4 Å². The average Bonchev–Trinajstić information content (AvgIpc) is 3.53. The molecular weight excluding hydrogens is 701 g/mol. The van der Waals surface area contributed by atoms with Gasteiger partial charge >= 0.3 is 0 Å². The largest absolute Gasteiger partial charge is 0.500 e. The second-order valence-electron chi connectivity index (χ2n) is 9.90. The van der Waals surface area contributed by atoms with Gasteiger partial charge in [-0.25, -0.2) is 0 Å². The Morgan fingerprint density at radius 2 is 1.73 bits per heavy atom. The van der Waals surface area contributed by atoms with Gasteiger partial charge in [-0.1, -0.05) is 49.1 Å². The Morgan fingerprint density at radius 1 is 0.902 bits per heavy atom. The third-order valence-electron chi connectivity index (χ3n) is 7.08. The molecule has 0 atom stereocenters. The topological polar surface area (TPSA) is 38.9 Å². The van der Waals surface area contributed by atoms with Crippen molar-refractivity contribution in [2.75, 3.05) is 0 Å². The van der Waals surface area contributed by atoms with Gasteiger partial charge in [-0.15, -0.1) is 65.4 Å². The van der Waals surface area contributed by atoms with Gasteiger partial charge in [0.05, 0.1) is 5.58 Å². The van der Waals surface area contributed by atoms with Crippen LogP contribution in [-0.2, 0) is 20.1 Å². The molecule has 3 nitrogen and oxygen atoms in total. The fraction of sp³-hybridized carbons (Fsp3) is 0.167. The summed E-state index contributed by atoms with van der Waals surface area (Å²) in [5, 5.41) is 3.13. The summed E-state index contributed by atoms with van der Waals surface area (Å²) in [4.78, 5) is 9.95. The molecule has 0 fully saturated rings. The first-order valence-electron chi connectivity index (χ1n) is 15.1. The Balaban J connectivity index is 0.000000258. The number of pyridine rings is 2. The number of hydrogen-bond donors (Lipinski definition) is 0. The van der Waals surface area contributed by atoms with Crippen molar-refractivity contribution in [2.24, 2.45) is 0 Å². The molecule has 0 N–H and O–H groups in total. The fourth-order valence-electron chi connectivity index (χ4n) is 4.92. The minimum atomic E-state index is -2.34. The maximum absolute atomic E-state index is 8.51. The molecule has 0 aliphatic rings. The molecule has 207 valence electrons. The van der Waals surface area contributed by atoms with E-state index in [1.807, 2.05) is 54.6 Å². The van der Waals surface area contributed by atoms with Crippen LogP contribution in [0.4, 0.5) is 0 Å². The number of aromatic nitrogens is 2. The van der Waals surface area contributed by atoms with Gasteiger partial charge in [0.25, 0.3) is 0 Å². The summed E-state index contributed by atoms with van der Waals surface area (Å²) >= 11 is 1.76. The number of aryl methyl sites for hydroxylation is 3. The van der Waals surface area contributed by atoms with Crippen LogP contribution in [0.25, 0.3) is 54.5 Å². The first kappa shape index (κ1) is 24.0. The summed E-state index contributed by atoms with van der Waals surface area (Å²) in [6.45, 7) is 5.27. The third kappa shape index (κ3) is 5.50. The smallest absolute Gasteiger partial charge is 0.129 e. The molecule has 7 aromatic rings. The number of fused-ring (bicyclic) bond motifs is 5. The molecule has 0 saturated carbocycles. The van der Waals surface area contributed by atoms with Crippen molar-refractivity contribution in [3.8, 4) is 22.5 Å². The zero-order valence-electron chi connectivity index (χ0n) is 27.1. The monoisotopic (exact) mass is 735 g/mol. The molecule has 4 heterocycles. The van der Waals surface area contributed by atoms with Gasteiger partial charge in [-0.3, -0.25) is 0 Å². The summed E-state index contributed by atoms with van der Waals surface area (Å²) in [7, 11) is 0. The average molecular weight is 735 g/mol. The molecule has 3 aromatic carbocycles. The zero-order valence-corrected chi connectivity index (χ0v) is 26.3. The second kappa shape index (κ2) is 12.1. The second-order valence-corrected chi connectivity index (χ2v) is 11.2. The molecule has 4 aromatic heterocycles. The van der Waals surface area contributed by atoms with E-state index in [0.29, 0.717) is 22.4 Å². The molecule has 0 bridgehead atoms. The Morgan fingerprint density at radius 3 is 2.46 bits per heavy atom. The number of hydrogen-bond acceptors (Lipinski definition) is 4. The first-order chi connectivity index (χ1) is 20.9. The number of nitrogens with zero attached hydrogens (tertiary/aromatic N) is 2. The van der Waals surface area contributed by atoms with E-state index in [9.17, 15) is 0 Å². The number of furan rings is 1. The van der Waals surface area contributed by atoms with E-state index in [4.69, 9.17) is 9.90 Å². The van der Waals surface area contributed by atoms with Crippen LogP contribution in [0.5, 0.6) is 0 Å². The SMILES string of the molecule is [2H]C([2H])([2H])c1cnc(-c2[c-]ccc3c2oc2c3ccc3sc(C)c(C)c32)cc1C([2H])(C)C.[Ir].[c-]1ccccc1-c1ccccn1. The van der Waals surface area contributed by atoms with Gasteiger partial charge in [0.2, 0.25) is 0 Å². The Kier molecular flexibility index (Phi) is 7.08. The predicted molar refractivity (Wildman–Crippen MR) is 168 cm³/mol. The summed E-state index contributed by atoms with van der Waals surface area (Å²) < 4.78 is 39.7. The van der Waals surface area contributed by atoms with Gasteiger partial charge in [-0.2, -0.15) is 0 Å². The van der Waals surface area contributed by atoms with Crippen molar-refractivity contribution in [2.45, 2.75) is 40.4 Å². The molecular formula is C36H30IrN2OS-2. The van der Waals surface area contributed by atoms with Gasteiger partial charge in [0.15, 0.2) is 0 Å². The van der Waals surface area contributed by atoms with Crippen LogP contribution in [0.1, 0.15) is 46.8 Å². The van der Waals surface area contributed by atoms with Gasteiger partial charge in [0.1, 0.15) is 5.58 Å². The van der Waals surface area contributed by atoms with E-state index in [0.717, 1.165) is 33.0 Å². The molecule has 5 heteroatoms. The quantitative estimate of drug-likeness (QED) is 0.170. The maximum atomic E-state index is 8.51. The summed E-state index contributed by atoms with van der Waals surface area (Å²) in [6.07, 6.45) is 3.16. The molecule has 0 unspecified atom stereocenters. The Labute approximate surface area is 264 Å². The van der Waals surface area contributed by atoms with E-state index >= 15 is 0 Å². The standard InChI is InChI=1S/C25H22NOS.C11H8N.Ir/c1-13(2)20-11-21(26-12-14(20)3)19-8-6-7-17-18-9-10-22-23(15(4)16(5)28-22)25(18)27-24(17)19;1-2-6-10(7-3-1)11-8-4-5-9-12-11;/h6-7,9-13H,1-5H3;1-6,8-9H;/q2*-1;/i3D3,13D;;. The minimum Gasteiger partial charge on any atom is -0.500 e. The number of thiophene rings is 1. The summed E-state index contributed by atoms with van der Waals surface area (Å²) in [5.41, 5.74) is 6.49. The van der Waals surface area contributed by atoms with Crippen molar-refractivity contribution >= 4 is 43.4 Å². The van der Waals surface area contributed by atoms with E-state index in [2.05, 4.69) is 48.1 Å². The van der Waals surface area contributed by atoms with Crippen molar-refractivity contribution in [1.82, 2.24) is 9.97 Å². The van der Waals surface area contributed by atoms with Gasteiger partial charge in [-0.05, 0) is 66.8 Å². The van der Waals surface area contributed by atoms with E-state index in [-0.39, 0.29) is 25.7 Å². The summed E-state index contributed by atoms with van der Waals surface area (Å²) in [5.74, 6) is -1.10. The van der Waals surface area contributed by atoms with E-state index in [1.54, 1.807) is 37.4 Å². The van der Waals surface area contributed by atoms with Gasteiger partial charge in [0, 0.05) is 58.3 Å². The number of benzene rings is 3.